The minimum Gasteiger partial charge on any atom is -0.350 e. The lowest BCUT2D eigenvalue weighted by atomic mass is 10.1. The molecule has 142 valence electrons. The second-order valence-corrected chi connectivity index (χ2v) is 7.31. The molecule has 0 spiro atoms. The Morgan fingerprint density at radius 1 is 0.926 bits per heavy atom. The van der Waals surface area contributed by atoms with Crippen molar-refractivity contribution >= 4 is 23.4 Å². The lowest BCUT2D eigenvalue weighted by Gasteiger charge is -2.15. The normalized spacial score (nSPS) is 14.1. The molecule has 0 aliphatic carbocycles. The molecule has 0 aromatic heterocycles. The summed E-state index contributed by atoms with van der Waals surface area (Å²) < 4.78 is 0. The molecule has 2 aromatic rings. The van der Waals surface area contributed by atoms with Crippen LogP contribution in [0.15, 0.2) is 48.5 Å². The molecule has 0 unspecified atom stereocenters. The van der Waals surface area contributed by atoms with E-state index in [1.165, 1.54) is 31.5 Å². The van der Waals surface area contributed by atoms with Crippen LogP contribution in [0.1, 0.15) is 34.3 Å². The molecule has 2 amide bonds. The van der Waals surface area contributed by atoms with Crippen molar-refractivity contribution in [1.29, 1.82) is 0 Å². The van der Waals surface area contributed by atoms with Crippen LogP contribution >= 0.6 is 11.6 Å². The molecule has 0 radical (unpaired) electrons. The van der Waals surface area contributed by atoms with Crippen molar-refractivity contribution in [3.8, 4) is 0 Å². The van der Waals surface area contributed by atoms with Crippen LogP contribution < -0.4 is 15.5 Å². The molecule has 1 saturated heterocycles. The fraction of sp³-hybridized carbons (Fsp3) is 0.333. The van der Waals surface area contributed by atoms with E-state index in [9.17, 15) is 9.59 Å². The number of carbonyl (C=O) groups excluding carboxylic acids is 2. The molecule has 1 aliphatic heterocycles. The molecule has 0 saturated carbocycles. The minimum atomic E-state index is -0.292. The number of likely N-dealkylation sites (tertiary alicyclic amines) is 1. The summed E-state index contributed by atoms with van der Waals surface area (Å²) in [4.78, 5) is 25.8. The summed E-state index contributed by atoms with van der Waals surface area (Å²) in [6, 6.07) is 14.8. The van der Waals surface area contributed by atoms with Gasteiger partial charge in [0.2, 0.25) is 5.91 Å². The summed E-state index contributed by atoms with van der Waals surface area (Å²) in [5.74, 6) is -0.500. The number of halogens is 1. The van der Waals surface area contributed by atoms with Crippen LogP contribution in [-0.4, -0.2) is 31.4 Å². The van der Waals surface area contributed by atoms with Gasteiger partial charge in [-0.3, -0.25) is 9.59 Å². The van der Waals surface area contributed by atoms with Gasteiger partial charge < -0.3 is 15.5 Å². The number of nitrogens with one attached hydrogen (secondary N) is 3. The summed E-state index contributed by atoms with van der Waals surface area (Å²) in [6.07, 6.45) is 2.59. The number of quaternary nitrogens is 1. The van der Waals surface area contributed by atoms with Gasteiger partial charge in [-0.25, -0.2) is 0 Å². The zero-order valence-electron chi connectivity index (χ0n) is 15.3. The van der Waals surface area contributed by atoms with Gasteiger partial charge in [-0.1, -0.05) is 35.9 Å². The van der Waals surface area contributed by atoms with E-state index in [0.717, 1.165) is 12.1 Å². The fourth-order valence-electron chi connectivity index (χ4n) is 3.34. The number of carbonyl (C=O) groups is 2. The fourth-order valence-corrected chi connectivity index (χ4v) is 3.47. The lowest BCUT2D eigenvalue weighted by Crippen LogP contribution is -3.08. The summed E-state index contributed by atoms with van der Waals surface area (Å²) in [6.45, 7) is 3.86. The van der Waals surface area contributed by atoms with Crippen molar-refractivity contribution in [2.75, 3.05) is 19.6 Å². The summed E-state index contributed by atoms with van der Waals surface area (Å²) in [5, 5.41) is 6.09. The van der Waals surface area contributed by atoms with Crippen molar-refractivity contribution in [3.05, 3.63) is 70.2 Å². The molecule has 3 N–H and O–H groups in total. The monoisotopic (exact) mass is 386 g/mol. The van der Waals surface area contributed by atoms with Crippen molar-refractivity contribution in [1.82, 2.24) is 10.6 Å². The smallest absolute Gasteiger partial charge is 0.251 e. The maximum Gasteiger partial charge on any atom is 0.251 e. The molecular formula is C21H25ClN3O2+. The maximum absolute atomic E-state index is 12.1. The number of hydrogen-bond donors (Lipinski definition) is 3. The Balaban J connectivity index is 1.47. The molecule has 1 heterocycles. The number of hydrogen-bond acceptors (Lipinski definition) is 2. The SMILES string of the molecule is O=C(CNC(=O)c1ccc(Cl)cc1)NCc1ccccc1C[NH+]1CCCC1. The Morgan fingerprint density at radius 2 is 1.59 bits per heavy atom. The van der Waals surface area contributed by atoms with Gasteiger partial charge >= 0.3 is 0 Å². The molecule has 6 heteroatoms. The summed E-state index contributed by atoms with van der Waals surface area (Å²) in [7, 11) is 0. The molecule has 3 rings (SSSR count). The van der Waals surface area contributed by atoms with E-state index in [-0.39, 0.29) is 18.4 Å². The number of benzene rings is 2. The molecule has 1 fully saturated rings. The summed E-state index contributed by atoms with van der Waals surface area (Å²) in [5.41, 5.74) is 2.89. The minimum absolute atomic E-state index is 0.0546. The predicted molar refractivity (Wildman–Crippen MR) is 106 cm³/mol. The third-order valence-electron chi connectivity index (χ3n) is 4.86. The standard InChI is InChI=1S/C21H24ClN3O2/c22-19-9-7-16(8-10-19)21(27)24-14-20(26)23-13-17-5-1-2-6-18(17)15-25-11-3-4-12-25/h1-2,5-10H,3-4,11-15H2,(H,23,26)(H,24,27)/p+1. The third kappa shape index (κ3) is 5.81. The van der Waals surface area contributed by atoms with Crippen molar-refractivity contribution in [2.45, 2.75) is 25.9 Å². The van der Waals surface area contributed by atoms with Crippen LogP contribution in [0.3, 0.4) is 0 Å². The highest BCUT2D eigenvalue weighted by Crippen LogP contribution is 2.09. The first-order valence-corrected chi connectivity index (χ1v) is 9.70. The molecule has 27 heavy (non-hydrogen) atoms. The zero-order chi connectivity index (χ0) is 19.1. The van der Waals surface area contributed by atoms with Gasteiger partial charge in [0.25, 0.3) is 5.91 Å². The Hall–Kier alpha value is -2.37. The average molecular weight is 387 g/mol. The van der Waals surface area contributed by atoms with E-state index < -0.39 is 0 Å². The molecular weight excluding hydrogens is 362 g/mol. The van der Waals surface area contributed by atoms with E-state index >= 15 is 0 Å². The Kier molecular flexibility index (Phi) is 6.85. The Bertz CT molecular complexity index is 786. The Morgan fingerprint density at radius 3 is 2.30 bits per heavy atom. The quantitative estimate of drug-likeness (QED) is 0.676. The highest BCUT2D eigenvalue weighted by atomic mass is 35.5. The Labute approximate surface area is 164 Å². The van der Waals surface area contributed by atoms with Crippen LogP contribution in [0, 0.1) is 0 Å². The van der Waals surface area contributed by atoms with Crippen molar-refractivity contribution in [2.24, 2.45) is 0 Å². The predicted octanol–water partition coefficient (Wildman–Crippen LogP) is 1.56. The van der Waals surface area contributed by atoms with E-state index in [4.69, 9.17) is 11.6 Å². The van der Waals surface area contributed by atoms with E-state index in [1.807, 2.05) is 12.1 Å². The van der Waals surface area contributed by atoms with E-state index in [2.05, 4.69) is 22.8 Å². The first-order valence-electron chi connectivity index (χ1n) is 9.32. The van der Waals surface area contributed by atoms with E-state index in [0.29, 0.717) is 17.1 Å². The first kappa shape index (κ1) is 19.4. The van der Waals surface area contributed by atoms with Gasteiger partial charge in [0.15, 0.2) is 0 Å². The first-order chi connectivity index (χ1) is 13.1. The van der Waals surface area contributed by atoms with Crippen LogP contribution in [0.5, 0.6) is 0 Å². The van der Waals surface area contributed by atoms with Gasteiger partial charge in [0.05, 0.1) is 19.6 Å². The van der Waals surface area contributed by atoms with Gasteiger partial charge in [0, 0.05) is 35.5 Å². The van der Waals surface area contributed by atoms with Crippen LogP contribution in [-0.2, 0) is 17.9 Å². The van der Waals surface area contributed by atoms with Gasteiger partial charge in [0.1, 0.15) is 6.54 Å². The molecule has 1 aliphatic rings. The topological polar surface area (TPSA) is 62.6 Å². The largest absolute Gasteiger partial charge is 0.350 e. The van der Waals surface area contributed by atoms with Crippen molar-refractivity contribution < 1.29 is 14.5 Å². The zero-order valence-corrected chi connectivity index (χ0v) is 16.0. The van der Waals surface area contributed by atoms with E-state index in [1.54, 1.807) is 29.2 Å². The molecule has 0 atom stereocenters. The maximum atomic E-state index is 12.1. The second kappa shape index (κ2) is 9.53. The van der Waals surface area contributed by atoms with Gasteiger partial charge in [-0.15, -0.1) is 0 Å². The van der Waals surface area contributed by atoms with Crippen LogP contribution in [0.25, 0.3) is 0 Å². The molecule has 2 aromatic carbocycles. The van der Waals surface area contributed by atoms with Crippen molar-refractivity contribution in [3.63, 3.8) is 0 Å². The third-order valence-corrected chi connectivity index (χ3v) is 5.11. The average Bonchev–Trinajstić information content (AvgIpc) is 3.19. The van der Waals surface area contributed by atoms with Crippen LogP contribution in [0.4, 0.5) is 0 Å². The van der Waals surface area contributed by atoms with Gasteiger partial charge in [-0.05, 0) is 29.8 Å². The second-order valence-electron chi connectivity index (χ2n) is 6.87. The summed E-state index contributed by atoms with van der Waals surface area (Å²) >= 11 is 5.81. The lowest BCUT2D eigenvalue weighted by molar-refractivity contribution is -0.901. The highest BCUT2D eigenvalue weighted by Gasteiger charge is 2.17. The molecule has 0 bridgehead atoms. The number of rotatable bonds is 7. The molecule has 5 nitrogen and oxygen atoms in total. The highest BCUT2D eigenvalue weighted by molar-refractivity contribution is 6.30. The van der Waals surface area contributed by atoms with Gasteiger partial charge in [-0.2, -0.15) is 0 Å². The van der Waals surface area contributed by atoms with Crippen LogP contribution in [0.2, 0.25) is 5.02 Å². The number of amides is 2.